The predicted molar refractivity (Wildman–Crippen MR) is 94.9 cm³/mol. The molecule has 138 valence electrons. The first-order valence-corrected chi connectivity index (χ1v) is 9.19. The Hall–Kier alpha value is -2.32. The molecular formula is C18H17F2N2O3S-. The van der Waals surface area contributed by atoms with E-state index in [0.29, 0.717) is 35.6 Å². The zero-order chi connectivity index (χ0) is 18.9. The highest BCUT2D eigenvalue weighted by atomic mass is 32.2. The molecule has 1 N–H and O–H groups in total. The van der Waals surface area contributed by atoms with E-state index >= 15 is 0 Å². The number of nitrogens with one attached hydrogen (secondary N) is 1. The summed E-state index contributed by atoms with van der Waals surface area (Å²) in [5.41, 5.74) is 0.435. The highest BCUT2D eigenvalue weighted by molar-refractivity contribution is 7.80. The number of aliphatic imine (C=N–C) groups is 1. The fourth-order valence-corrected chi connectivity index (χ4v) is 3.21. The van der Waals surface area contributed by atoms with Crippen molar-refractivity contribution in [2.24, 2.45) is 4.99 Å². The maximum atomic E-state index is 14.4. The molecule has 0 amide bonds. The van der Waals surface area contributed by atoms with E-state index in [1.807, 2.05) is 13.8 Å². The van der Waals surface area contributed by atoms with Gasteiger partial charge in [0.2, 0.25) is 0 Å². The summed E-state index contributed by atoms with van der Waals surface area (Å²) in [6, 6.07) is 7.98. The SMILES string of the molecule is CCC1(CC)N=C(c2ccc(F)cc2F)c2ccc(NS(=O)[O-])cc2O1. The van der Waals surface area contributed by atoms with Crippen molar-refractivity contribution in [1.82, 2.24) is 0 Å². The summed E-state index contributed by atoms with van der Waals surface area (Å²) in [6.45, 7) is 3.79. The Morgan fingerprint density at radius 2 is 1.85 bits per heavy atom. The van der Waals surface area contributed by atoms with E-state index in [-0.39, 0.29) is 5.56 Å². The second kappa shape index (κ2) is 7.13. The zero-order valence-corrected chi connectivity index (χ0v) is 15.0. The van der Waals surface area contributed by atoms with Crippen LogP contribution >= 0.6 is 0 Å². The Morgan fingerprint density at radius 3 is 2.46 bits per heavy atom. The Bertz CT molecular complexity index is 898. The molecule has 5 nitrogen and oxygen atoms in total. The third kappa shape index (κ3) is 3.47. The van der Waals surface area contributed by atoms with Gasteiger partial charge in [-0.25, -0.2) is 13.8 Å². The molecule has 8 heteroatoms. The molecule has 0 radical (unpaired) electrons. The second-order valence-corrected chi connectivity index (χ2v) is 6.56. The summed E-state index contributed by atoms with van der Waals surface area (Å²) in [5.74, 6) is -1.01. The molecule has 0 fully saturated rings. The minimum atomic E-state index is -2.48. The van der Waals surface area contributed by atoms with Gasteiger partial charge in [0.15, 0.2) is 5.72 Å². The number of halogens is 2. The molecule has 0 bridgehead atoms. The molecule has 0 aliphatic carbocycles. The maximum Gasteiger partial charge on any atom is 0.200 e. The fraction of sp³-hybridized carbons (Fsp3) is 0.278. The van der Waals surface area contributed by atoms with Crippen molar-refractivity contribution in [3.05, 3.63) is 59.2 Å². The first kappa shape index (κ1) is 18.5. The molecule has 26 heavy (non-hydrogen) atoms. The molecule has 1 atom stereocenters. The Balaban J connectivity index is 2.18. The van der Waals surface area contributed by atoms with Crippen LogP contribution in [0.3, 0.4) is 0 Å². The maximum absolute atomic E-state index is 14.4. The van der Waals surface area contributed by atoms with Crippen molar-refractivity contribution in [1.29, 1.82) is 0 Å². The van der Waals surface area contributed by atoms with Crippen LogP contribution < -0.4 is 9.46 Å². The number of hydrogen-bond donors (Lipinski definition) is 1. The average Bonchev–Trinajstić information content (AvgIpc) is 2.60. The first-order valence-electron chi connectivity index (χ1n) is 8.12. The summed E-state index contributed by atoms with van der Waals surface area (Å²) < 4.78 is 57.7. The van der Waals surface area contributed by atoms with Crippen LogP contribution in [0, 0.1) is 11.6 Å². The molecule has 0 saturated heterocycles. The Morgan fingerprint density at radius 1 is 1.15 bits per heavy atom. The van der Waals surface area contributed by atoms with Crippen LogP contribution in [0.15, 0.2) is 41.4 Å². The summed E-state index contributed by atoms with van der Waals surface area (Å²) in [6.07, 6.45) is 1.06. The summed E-state index contributed by atoms with van der Waals surface area (Å²) in [7, 11) is 0. The quantitative estimate of drug-likeness (QED) is 0.801. The molecule has 0 saturated carbocycles. The van der Waals surface area contributed by atoms with Crippen LogP contribution in [0.25, 0.3) is 0 Å². The Kier molecular flexibility index (Phi) is 5.06. The van der Waals surface area contributed by atoms with Crippen molar-refractivity contribution in [2.45, 2.75) is 32.4 Å². The van der Waals surface area contributed by atoms with Crippen molar-refractivity contribution in [3.8, 4) is 5.75 Å². The highest BCUT2D eigenvalue weighted by Gasteiger charge is 2.35. The van der Waals surface area contributed by atoms with Gasteiger partial charge in [0.25, 0.3) is 0 Å². The van der Waals surface area contributed by atoms with E-state index in [2.05, 4.69) is 9.71 Å². The lowest BCUT2D eigenvalue weighted by Crippen LogP contribution is -2.37. The van der Waals surface area contributed by atoms with Crippen LogP contribution in [-0.4, -0.2) is 20.2 Å². The van der Waals surface area contributed by atoms with Crippen LogP contribution in [0.2, 0.25) is 0 Å². The van der Waals surface area contributed by atoms with E-state index < -0.39 is 28.6 Å². The minimum absolute atomic E-state index is 0.162. The molecule has 1 aliphatic rings. The number of ether oxygens (including phenoxy) is 1. The molecule has 1 heterocycles. The predicted octanol–water partition coefficient (Wildman–Crippen LogP) is 3.92. The minimum Gasteiger partial charge on any atom is -0.755 e. The van der Waals surface area contributed by atoms with Crippen molar-refractivity contribution < 1.29 is 22.3 Å². The van der Waals surface area contributed by atoms with Gasteiger partial charge in [0.1, 0.15) is 17.4 Å². The van der Waals surface area contributed by atoms with Gasteiger partial charge < -0.3 is 14.0 Å². The molecule has 0 spiro atoms. The topological polar surface area (TPSA) is 73.8 Å². The summed E-state index contributed by atoms with van der Waals surface area (Å²) in [5, 5.41) is 0. The third-order valence-corrected chi connectivity index (χ3v) is 4.75. The second-order valence-electron chi connectivity index (χ2n) is 5.89. The lowest BCUT2D eigenvalue weighted by atomic mass is 9.96. The van der Waals surface area contributed by atoms with E-state index in [1.165, 1.54) is 24.3 Å². The van der Waals surface area contributed by atoms with Gasteiger partial charge in [-0.2, -0.15) is 0 Å². The van der Waals surface area contributed by atoms with Gasteiger partial charge in [0, 0.05) is 53.1 Å². The summed E-state index contributed by atoms with van der Waals surface area (Å²) >= 11 is -2.48. The number of rotatable bonds is 5. The molecule has 2 aromatic carbocycles. The molecule has 1 aliphatic heterocycles. The lowest BCUT2D eigenvalue weighted by molar-refractivity contribution is 0.0660. The number of hydrogen-bond acceptors (Lipinski definition) is 4. The number of nitrogens with zero attached hydrogens (tertiary/aromatic N) is 1. The van der Waals surface area contributed by atoms with Crippen molar-refractivity contribution in [2.75, 3.05) is 4.72 Å². The molecule has 2 aromatic rings. The van der Waals surface area contributed by atoms with Crippen LogP contribution in [0.5, 0.6) is 5.75 Å². The molecular weight excluding hydrogens is 362 g/mol. The van der Waals surface area contributed by atoms with Crippen molar-refractivity contribution >= 4 is 22.7 Å². The largest absolute Gasteiger partial charge is 0.755 e. The smallest absolute Gasteiger partial charge is 0.200 e. The van der Waals surface area contributed by atoms with Gasteiger partial charge in [-0.15, -0.1) is 0 Å². The van der Waals surface area contributed by atoms with Crippen LogP contribution in [-0.2, 0) is 11.3 Å². The number of fused-ring (bicyclic) bond motifs is 1. The van der Waals surface area contributed by atoms with Crippen LogP contribution in [0.4, 0.5) is 14.5 Å². The lowest BCUT2D eigenvalue weighted by Gasteiger charge is -2.35. The van der Waals surface area contributed by atoms with Crippen molar-refractivity contribution in [3.63, 3.8) is 0 Å². The standard InChI is InChI=1S/C18H18F2N2O3S/c1-3-18(4-2)21-17(13-7-5-11(19)9-15(13)20)14-8-6-12(22-26(23)24)10-16(14)25-18/h5-10,22H,3-4H2,1-2H3,(H,23,24)/p-1. The van der Waals surface area contributed by atoms with Gasteiger partial charge in [-0.1, -0.05) is 13.8 Å². The van der Waals surface area contributed by atoms with Crippen LogP contribution in [0.1, 0.15) is 37.8 Å². The van der Waals surface area contributed by atoms with Gasteiger partial charge in [-0.05, 0) is 24.3 Å². The molecule has 3 rings (SSSR count). The molecule has 1 unspecified atom stereocenters. The number of benzene rings is 2. The average molecular weight is 379 g/mol. The van der Waals surface area contributed by atoms with Gasteiger partial charge in [-0.3, -0.25) is 4.21 Å². The summed E-state index contributed by atoms with van der Waals surface area (Å²) in [4.78, 5) is 4.63. The van der Waals surface area contributed by atoms with E-state index in [9.17, 15) is 17.5 Å². The highest BCUT2D eigenvalue weighted by Crippen LogP contribution is 2.38. The normalized spacial score (nSPS) is 16.3. The van der Waals surface area contributed by atoms with E-state index in [1.54, 1.807) is 6.07 Å². The molecule has 0 aromatic heterocycles. The van der Waals surface area contributed by atoms with E-state index in [0.717, 1.165) is 6.07 Å². The van der Waals surface area contributed by atoms with Gasteiger partial charge in [0.05, 0.1) is 5.71 Å². The monoisotopic (exact) mass is 379 g/mol. The Labute approximate surface area is 152 Å². The van der Waals surface area contributed by atoms with Gasteiger partial charge >= 0.3 is 0 Å². The third-order valence-electron chi connectivity index (χ3n) is 4.34. The zero-order valence-electron chi connectivity index (χ0n) is 14.2. The van der Waals surface area contributed by atoms with E-state index in [4.69, 9.17) is 4.74 Å². The number of anilines is 1. The fourth-order valence-electron chi connectivity index (χ4n) is 2.89. The first-order chi connectivity index (χ1) is 12.4.